The number of benzene rings is 2. The van der Waals surface area contributed by atoms with Crippen LogP contribution in [0.1, 0.15) is 27.0 Å². The van der Waals surface area contributed by atoms with E-state index < -0.39 is 18.4 Å². The van der Waals surface area contributed by atoms with Crippen molar-refractivity contribution in [2.75, 3.05) is 27.4 Å². The molecule has 0 aliphatic carbocycles. The van der Waals surface area contributed by atoms with Crippen molar-refractivity contribution in [1.82, 2.24) is 4.90 Å². The van der Waals surface area contributed by atoms with Crippen LogP contribution >= 0.6 is 0 Å². The van der Waals surface area contributed by atoms with E-state index in [1.807, 2.05) is 12.1 Å². The lowest BCUT2D eigenvalue weighted by Gasteiger charge is -2.29. The smallest absolute Gasteiger partial charge is 0.339 e. The quantitative estimate of drug-likeness (QED) is 0.738. The van der Waals surface area contributed by atoms with Gasteiger partial charge in [0.25, 0.3) is 5.91 Å². The van der Waals surface area contributed by atoms with Gasteiger partial charge >= 0.3 is 5.97 Å². The molecule has 0 spiro atoms. The van der Waals surface area contributed by atoms with Gasteiger partial charge in [0.2, 0.25) is 0 Å². The second-order valence-electron chi connectivity index (χ2n) is 6.58. The highest BCUT2D eigenvalue weighted by atomic mass is 19.1. The summed E-state index contributed by atoms with van der Waals surface area (Å²) in [5, 5.41) is 0. The zero-order chi connectivity index (χ0) is 20.3. The Kier molecular flexibility index (Phi) is 5.82. The van der Waals surface area contributed by atoms with Crippen LogP contribution in [0.3, 0.4) is 0 Å². The molecular weight excluding hydrogens is 365 g/mol. The summed E-state index contributed by atoms with van der Waals surface area (Å²) in [5.41, 5.74) is 2.76. The number of esters is 1. The van der Waals surface area contributed by atoms with Crippen molar-refractivity contribution in [2.24, 2.45) is 0 Å². The highest BCUT2D eigenvalue weighted by molar-refractivity contribution is 5.92. The number of hydrogen-bond donors (Lipinski definition) is 0. The molecule has 0 fully saturated rings. The first-order chi connectivity index (χ1) is 13.4. The molecule has 0 radical (unpaired) electrons. The predicted molar refractivity (Wildman–Crippen MR) is 100 cm³/mol. The average molecular weight is 387 g/mol. The number of aryl methyl sites for hydroxylation is 1. The maximum Gasteiger partial charge on any atom is 0.339 e. The molecule has 7 heteroatoms. The summed E-state index contributed by atoms with van der Waals surface area (Å²) >= 11 is 0. The van der Waals surface area contributed by atoms with Gasteiger partial charge in [0.1, 0.15) is 5.82 Å². The molecule has 0 atom stereocenters. The van der Waals surface area contributed by atoms with Crippen molar-refractivity contribution in [3.8, 4) is 11.5 Å². The minimum Gasteiger partial charge on any atom is -0.493 e. The summed E-state index contributed by atoms with van der Waals surface area (Å²) in [6.45, 7) is 2.20. The predicted octanol–water partition coefficient (Wildman–Crippen LogP) is 2.89. The van der Waals surface area contributed by atoms with Crippen molar-refractivity contribution in [3.05, 3.63) is 58.4 Å². The van der Waals surface area contributed by atoms with Crippen molar-refractivity contribution in [2.45, 2.75) is 19.9 Å². The number of ether oxygens (including phenoxy) is 3. The highest BCUT2D eigenvalue weighted by Crippen LogP contribution is 2.33. The van der Waals surface area contributed by atoms with Crippen LogP contribution in [0.4, 0.5) is 4.39 Å². The van der Waals surface area contributed by atoms with E-state index in [9.17, 15) is 14.0 Å². The van der Waals surface area contributed by atoms with E-state index in [0.29, 0.717) is 36.6 Å². The molecule has 2 aromatic carbocycles. The van der Waals surface area contributed by atoms with E-state index in [1.54, 1.807) is 26.0 Å². The van der Waals surface area contributed by atoms with Crippen LogP contribution in [0.25, 0.3) is 0 Å². The first kappa shape index (κ1) is 19.7. The molecule has 0 unspecified atom stereocenters. The first-order valence-electron chi connectivity index (χ1n) is 8.87. The van der Waals surface area contributed by atoms with Gasteiger partial charge in [0, 0.05) is 13.1 Å². The van der Waals surface area contributed by atoms with Crippen LogP contribution in [-0.2, 0) is 22.5 Å². The van der Waals surface area contributed by atoms with Crippen molar-refractivity contribution >= 4 is 11.9 Å². The third-order valence-corrected chi connectivity index (χ3v) is 4.82. The lowest BCUT2D eigenvalue weighted by Crippen LogP contribution is -2.38. The summed E-state index contributed by atoms with van der Waals surface area (Å²) in [7, 11) is 3.14. The van der Waals surface area contributed by atoms with Gasteiger partial charge in [-0.2, -0.15) is 0 Å². The van der Waals surface area contributed by atoms with E-state index >= 15 is 0 Å². The van der Waals surface area contributed by atoms with Gasteiger partial charge in [-0.25, -0.2) is 9.18 Å². The summed E-state index contributed by atoms with van der Waals surface area (Å²) in [4.78, 5) is 26.3. The second kappa shape index (κ2) is 8.29. The standard InChI is InChI=1S/C21H22FNO5/c1-13-4-5-16(22)10-17(13)21(25)28-12-20(24)23-7-6-14-8-18(26-2)19(27-3)9-15(14)11-23/h4-5,8-10H,6-7,11-12H2,1-3H3. The molecule has 0 bridgehead atoms. The van der Waals surface area contributed by atoms with Gasteiger partial charge in [-0.15, -0.1) is 0 Å². The Morgan fingerprint density at radius 3 is 2.43 bits per heavy atom. The second-order valence-corrected chi connectivity index (χ2v) is 6.58. The molecule has 1 aliphatic rings. The Hall–Kier alpha value is -3.09. The van der Waals surface area contributed by atoms with E-state index in [4.69, 9.17) is 14.2 Å². The number of amides is 1. The highest BCUT2D eigenvalue weighted by Gasteiger charge is 2.24. The van der Waals surface area contributed by atoms with Gasteiger partial charge in [0.05, 0.1) is 19.8 Å². The zero-order valence-electron chi connectivity index (χ0n) is 16.1. The lowest BCUT2D eigenvalue weighted by molar-refractivity contribution is -0.135. The molecule has 0 saturated heterocycles. The third-order valence-electron chi connectivity index (χ3n) is 4.82. The van der Waals surface area contributed by atoms with Gasteiger partial charge in [-0.1, -0.05) is 6.07 Å². The molecule has 148 valence electrons. The van der Waals surface area contributed by atoms with Gasteiger partial charge < -0.3 is 19.1 Å². The fraction of sp³-hybridized carbons (Fsp3) is 0.333. The van der Waals surface area contributed by atoms with Crippen molar-refractivity contribution < 1.29 is 28.2 Å². The molecule has 1 heterocycles. The number of halogens is 1. The number of carbonyl (C=O) groups is 2. The Balaban J connectivity index is 1.65. The van der Waals surface area contributed by atoms with Crippen LogP contribution in [0.5, 0.6) is 11.5 Å². The summed E-state index contributed by atoms with van der Waals surface area (Å²) in [6, 6.07) is 7.65. The first-order valence-corrected chi connectivity index (χ1v) is 8.87. The molecule has 3 rings (SSSR count). The Morgan fingerprint density at radius 1 is 1.07 bits per heavy atom. The fourth-order valence-corrected chi connectivity index (χ4v) is 3.21. The number of rotatable bonds is 5. The third kappa shape index (κ3) is 4.08. The van der Waals surface area contributed by atoms with Crippen LogP contribution in [-0.4, -0.2) is 44.1 Å². The number of nitrogens with zero attached hydrogens (tertiary/aromatic N) is 1. The Labute approximate surface area is 162 Å². The number of hydrogen-bond acceptors (Lipinski definition) is 5. The molecule has 0 aromatic heterocycles. The van der Waals surface area contributed by atoms with Crippen LogP contribution in [0.15, 0.2) is 30.3 Å². The number of carbonyl (C=O) groups excluding carboxylic acids is 2. The Morgan fingerprint density at radius 2 is 1.75 bits per heavy atom. The molecule has 1 amide bonds. The normalized spacial score (nSPS) is 12.9. The lowest BCUT2D eigenvalue weighted by atomic mass is 9.99. The molecule has 1 aliphatic heterocycles. The molecule has 0 saturated carbocycles. The molecule has 0 N–H and O–H groups in total. The zero-order valence-corrected chi connectivity index (χ0v) is 16.1. The monoisotopic (exact) mass is 387 g/mol. The number of methoxy groups -OCH3 is 2. The number of fused-ring (bicyclic) bond motifs is 1. The molecule has 28 heavy (non-hydrogen) atoms. The molecular formula is C21H22FNO5. The Bertz CT molecular complexity index is 912. The van der Waals surface area contributed by atoms with E-state index in [1.165, 1.54) is 12.1 Å². The maximum atomic E-state index is 13.4. The molecule has 6 nitrogen and oxygen atoms in total. The average Bonchev–Trinajstić information content (AvgIpc) is 2.71. The van der Waals surface area contributed by atoms with E-state index in [2.05, 4.69) is 0 Å². The van der Waals surface area contributed by atoms with Crippen LogP contribution in [0.2, 0.25) is 0 Å². The maximum absolute atomic E-state index is 13.4. The molecule has 2 aromatic rings. The van der Waals surface area contributed by atoms with E-state index in [-0.39, 0.29) is 11.5 Å². The van der Waals surface area contributed by atoms with E-state index in [0.717, 1.165) is 17.2 Å². The minimum absolute atomic E-state index is 0.119. The fourth-order valence-electron chi connectivity index (χ4n) is 3.21. The van der Waals surface area contributed by atoms with Gasteiger partial charge in [-0.3, -0.25) is 4.79 Å². The van der Waals surface area contributed by atoms with Crippen molar-refractivity contribution in [1.29, 1.82) is 0 Å². The van der Waals surface area contributed by atoms with Crippen molar-refractivity contribution in [3.63, 3.8) is 0 Å². The summed E-state index contributed by atoms with van der Waals surface area (Å²) in [5.74, 6) is -0.290. The topological polar surface area (TPSA) is 65.1 Å². The van der Waals surface area contributed by atoms with Crippen LogP contribution < -0.4 is 9.47 Å². The summed E-state index contributed by atoms with van der Waals surface area (Å²) in [6.07, 6.45) is 0.665. The minimum atomic E-state index is -0.714. The van der Waals surface area contributed by atoms with Gasteiger partial charge in [0.15, 0.2) is 18.1 Å². The largest absolute Gasteiger partial charge is 0.493 e. The van der Waals surface area contributed by atoms with Crippen LogP contribution in [0, 0.1) is 12.7 Å². The summed E-state index contributed by atoms with van der Waals surface area (Å²) < 4.78 is 29.1. The van der Waals surface area contributed by atoms with Gasteiger partial charge in [-0.05, 0) is 54.3 Å². The SMILES string of the molecule is COc1cc2c(cc1OC)CN(C(=O)COC(=O)c1cc(F)ccc1C)CC2.